The molecule has 0 aliphatic rings. The number of aliphatic hydroxyl groups is 1. The molecule has 4 rings (SSSR count). The monoisotopic (exact) mass is 801 g/mol. The Morgan fingerprint density at radius 3 is 1.79 bits per heavy atom. The minimum atomic E-state index is -0.991. The van der Waals surface area contributed by atoms with Gasteiger partial charge in [-0.2, -0.15) is 0 Å². The van der Waals surface area contributed by atoms with E-state index in [4.69, 9.17) is 23.7 Å². The zero-order valence-electron chi connectivity index (χ0n) is 38.6. The fourth-order valence-corrected chi connectivity index (χ4v) is 7.30. The number of fused-ring (bicyclic) bond motifs is 1. The van der Waals surface area contributed by atoms with Gasteiger partial charge >= 0.3 is 0 Å². The van der Waals surface area contributed by atoms with E-state index in [1.54, 1.807) is 28.4 Å². The molecule has 0 radical (unpaired) electrons. The van der Waals surface area contributed by atoms with E-state index in [2.05, 4.69) is 103 Å². The average molecular weight is 801 g/mol. The van der Waals surface area contributed by atoms with Crippen molar-refractivity contribution < 1.29 is 37.8 Å². The number of hydrogen-bond acceptors (Lipinski definition) is 6. The van der Waals surface area contributed by atoms with Crippen LogP contribution in [0, 0.1) is 11.5 Å². The van der Waals surface area contributed by atoms with Crippen LogP contribution in [0.15, 0.2) is 78.9 Å². The highest BCUT2D eigenvalue weighted by atomic mass is 16.5. The summed E-state index contributed by atoms with van der Waals surface area (Å²) in [4.78, 5) is 4.42. The van der Waals surface area contributed by atoms with E-state index >= 15 is 0 Å². The van der Waals surface area contributed by atoms with Gasteiger partial charge in [-0.05, 0) is 85.9 Å². The fraction of sp³-hybridized carbons (Fsp3) is 0.531. The molecule has 9 nitrogen and oxygen atoms in total. The van der Waals surface area contributed by atoms with E-state index in [1.165, 1.54) is 5.56 Å². The van der Waals surface area contributed by atoms with Crippen molar-refractivity contribution in [1.82, 2.24) is 0 Å². The molecule has 0 saturated heterocycles. The third kappa shape index (κ3) is 11.4. The van der Waals surface area contributed by atoms with Crippen molar-refractivity contribution in [1.29, 1.82) is 0 Å². The van der Waals surface area contributed by atoms with Crippen LogP contribution in [0.2, 0.25) is 0 Å². The van der Waals surface area contributed by atoms with Gasteiger partial charge in [-0.1, -0.05) is 74.1 Å². The van der Waals surface area contributed by atoms with Crippen LogP contribution >= 0.6 is 0 Å². The Morgan fingerprint density at radius 1 is 0.655 bits per heavy atom. The van der Waals surface area contributed by atoms with Crippen molar-refractivity contribution >= 4 is 10.8 Å². The maximum absolute atomic E-state index is 11.0. The molecule has 1 N–H and O–H groups in total. The minimum absolute atomic E-state index is 0.0917. The molecule has 0 aliphatic heterocycles. The SMILES string of the molecule is CC(C)(C)[N+](C)(C)C(C)(O)COc1cccc2ccccc12.C[N+]#CC(CCC[N+](C)(C)CCc1ccc(OC)c(OC)c1)(c1ccc(OC)c(OC)c1)C(C)(C)C. The lowest BCUT2D eigenvalue weighted by atomic mass is 9.61. The van der Waals surface area contributed by atoms with E-state index in [1.807, 2.05) is 70.5 Å². The van der Waals surface area contributed by atoms with E-state index < -0.39 is 5.72 Å². The van der Waals surface area contributed by atoms with Crippen molar-refractivity contribution in [2.45, 2.75) is 84.4 Å². The van der Waals surface area contributed by atoms with Gasteiger partial charge in [-0.3, -0.25) is 4.48 Å². The number of likely N-dealkylation sites (N-methyl/N-ethyl adjacent to an activating group) is 2. The highest BCUT2D eigenvalue weighted by Gasteiger charge is 2.49. The minimum Gasteiger partial charge on any atom is -0.493 e. The summed E-state index contributed by atoms with van der Waals surface area (Å²) in [7, 11) is 17.2. The Kier molecular flexibility index (Phi) is 16.1. The van der Waals surface area contributed by atoms with Crippen LogP contribution in [0.5, 0.6) is 28.7 Å². The maximum atomic E-state index is 11.0. The summed E-state index contributed by atoms with van der Waals surface area (Å²) in [6.45, 7) is 17.3. The van der Waals surface area contributed by atoms with Crippen molar-refractivity contribution in [3.8, 4) is 34.8 Å². The second kappa shape index (κ2) is 19.5. The summed E-state index contributed by atoms with van der Waals surface area (Å²) in [6, 6.07) is 30.0. The highest BCUT2D eigenvalue weighted by molar-refractivity contribution is 5.88. The number of hydrogen-bond donors (Lipinski definition) is 1. The van der Waals surface area contributed by atoms with Crippen LogP contribution in [-0.2, 0) is 11.8 Å². The average Bonchev–Trinajstić information content (AvgIpc) is 3.17. The van der Waals surface area contributed by atoms with E-state index in [-0.39, 0.29) is 23.0 Å². The molecule has 2 unspecified atom stereocenters. The summed E-state index contributed by atoms with van der Waals surface area (Å²) in [5.41, 5.74) is 0.863. The molecule has 0 amide bonds. The highest BCUT2D eigenvalue weighted by Crippen LogP contribution is 2.47. The first-order chi connectivity index (χ1) is 27.0. The molecule has 2 atom stereocenters. The molecule has 0 aromatic heterocycles. The maximum Gasteiger partial charge on any atom is 0.284 e. The van der Waals surface area contributed by atoms with E-state index in [0.717, 1.165) is 81.9 Å². The van der Waals surface area contributed by atoms with Crippen LogP contribution in [0.1, 0.15) is 72.4 Å². The van der Waals surface area contributed by atoms with Gasteiger partial charge < -0.3 is 33.3 Å². The molecule has 0 aliphatic carbocycles. The first kappa shape index (κ1) is 47.9. The Hall–Kier alpha value is -4.49. The zero-order valence-corrected chi connectivity index (χ0v) is 38.6. The van der Waals surface area contributed by atoms with Crippen molar-refractivity contribution in [2.24, 2.45) is 5.41 Å². The van der Waals surface area contributed by atoms with Gasteiger partial charge in [0.1, 0.15) is 11.2 Å². The molecule has 0 spiro atoms. The second-order valence-corrected chi connectivity index (χ2v) is 18.6. The topological polar surface area (TPSA) is 70.7 Å². The second-order valence-electron chi connectivity index (χ2n) is 18.6. The van der Waals surface area contributed by atoms with Gasteiger partial charge in [0.05, 0.1) is 75.3 Å². The molecule has 318 valence electrons. The van der Waals surface area contributed by atoms with Gasteiger partial charge in [0.2, 0.25) is 5.72 Å². The van der Waals surface area contributed by atoms with Crippen LogP contribution in [-0.4, -0.2) is 109 Å². The van der Waals surface area contributed by atoms with Crippen molar-refractivity contribution in [3.63, 3.8) is 0 Å². The summed E-state index contributed by atoms with van der Waals surface area (Å²) in [5, 5.41) is 13.2. The van der Waals surface area contributed by atoms with Crippen LogP contribution in [0.4, 0.5) is 0 Å². The molecule has 9 heteroatoms. The van der Waals surface area contributed by atoms with Gasteiger partial charge in [-0.15, -0.1) is 0 Å². The Balaban J connectivity index is 0.000000348. The number of benzene rings is 4. The Morgan fingerprint density at radius 2 is 1.22 bits per heavy atom. The largest absolute Gasteiger partial charge is 0.493 e. The zero-order chi connectivity index (χ0) is 43.6. The molecular formula is C49H74N3O6+3. The van der Waals surface area contributed by atoms with Crippen molar-refractivity contribution in [3.05, 3.63) is 94.8 Å². The van der Waals surface area contributed by atoms with E-state index in [9.17, 15) is 5.11 Å². The third-order valence-corrected chi connectivity index (χ3v) is 12.4. The third-order valence-electron chi connectivity index (χ3n) is 12.4. The van der Waals surface area contributed by atoms with Crippen LogP contribution < -0.4 is 23.7 Å². The molecule has 4 aromatic rings. The summed E-state index contributed by atoms with van der Waals surface area (Å²) >= 11 is 0. The lowest BCUT2D eigenvalue weighted by molar-refractivity contribution is -1.00. The van der Waals surface area contributed by atoms with Gasteiger partial charge in [0.15, 0.2) is 29.6 Å². The summed E-state index contributed by atoms with van der Waals surface area (Å²) < 4.78 is 29.3. The van der Waals surface area contributed by atoms with Crippen LogP contribution in [0.25, 0.3) is 15.6 Å². The van der Waals surface area contributed by atoms with Gasteiger partial charge in [0, 0.05) is 18.7 Å². The smallest absolute Gasteiger partial charge is 0.284 e. The predicted molar refractivity (Wildman–Crippen MR) is 240 cm³/mol. The number of methoxy groups -OCH3 is 4. The first-order valence-electron chi connectivity index (χ1n) is 20.3. The molecule has 0 heterocycles. The van der Waals surface area contributed by atoms with Crippen molar-refractivity contribution in [2.75, 3.05) is 83.4 Å². The molecule has 58 heavy (non-hydrogen) atoms. The Bertz CT molecular complexity index is 1990. The quantitative estimate of drug-likeness (QED) is 0.0900. The molecule has 0 fully saturated rings. The summed E-state index contributed by atoms with van der Waals surface area (Å²) in [6.07, 6.45) is 2.93. The molecule has 0 bridgehead atoms. The number of nitrogens with zero attached hydrogens (tertiary/aromatic N) is 3. The van der Waals surface area contributed by atoms with Crippen LogP contribution in [0.3, 0.4) is 0 Å². The lowest BCUT2D eigenvalue weighted by Gasteiger charge is -2.51. The van der Waals surface area contributed by atoms with Gasteiger partial charge in [-0.25, -0.2) is 0 Å². The first-order valence-corrected chi connectivity index (χ1v) is 20.3. The standard InChI is InChI=1S/C30H46N2O4.C19H28NO2/c1-29(2,3)30(22-31-4,24-13-15-26(34-8)28(21-24)36-10)17-11-18-32(5,6)19-16-23-12-14-25(33-7)27(20-23)35-9;1-18(2,3)20(5,6)19(4,21)14-22-17-13-9-11-15-10-7-8-12-16(15)17/h12-15,20-21H,11,16-19H2,1-10H3;7-13,21H,14H2,1-6H3/q+2;+1. The van der Waals surface area contributed by atoms with Gasteiger partial charge in [0.25, 0.3) is 13.1 Å². The normalized spacial score (nSPS) is 14.2. The molecular weight excluding hydrogens is 727 g/mol. The Labute approximate surface area is 350 Å². The number of ether oxygens (including phenoxy) is 5. The number of rotatable bonds is 16. The predicted octanol–water partition coefficient (Wildman–Crippen LogP) is 9.87. The summed E-state index contributed by atoms with van der Waals surface area (Å²) in [5.74, 6) is 3.81. The van der Waals surface area contributed by atoms with E-state index in [0.29, 0.717) is 4.48 Å². The number of quaternary nitrogens is 2. The molecule has 4 aromatic carbocycles. The fourth-order valence-electron chi connectivity index (χ4n) is 7.30. The molecule has 0 saturated carbocycles. The lowest BCUT2D eigenvalue weighted by Crippen LogP contribution is -2.68.